The molecule has 0 bridgehead atoms. The van der Waals surface area contributed by atoms with Gasteiger partial charge in [0.2, 0.25) is 5.91 Å². The van der Waals surface area contributed by atoms with Gasteiger partial charge in [0.1, 0.15) is 17.4 Å². The maximum absolute atomic E-state index is 13.3. The van der Waals surface area contributed by atoms with Crippen molar-refractivity contribution in [2.75, 3.05) is 10.6 Å². The van der Waals surface area contributed by atoms with Crippen molar-refractivity contribution in [1.29, 1.82) is 0 Å². The van der Waals surface area contributed by atoms with Crippen LogP contribution >= 0.6 is 11.6 Å². The van der Waals surface area contributed by atoms with Crippen LogP contribution in [0.5, 0.6) is 0 Å². The Morgan fingerprint density at radius 2 is 1.94 bits per heavy atom. The lowest BCUT2D eigenvalue weighted by molar-refractivity contribution is -0.121. The van der Waals surface area contributed by atoms with Gasteiger partial charge in [-0.05, 0) is 50.8 Å². The van der Waals surface area contributed by atoms with Crippen molar-refractivity contribution in [3.63, 3.8) is 0 Å². The van der Waals surface area contributed by atoms with E-state index in [9.17, 15) is 14.0 Å². The van der Waals surface area contributed by atoms with E-state index in [0.29, 0.717) is 48.3 Å². The van der Waals surface area contributed by atoms with Crippen molar-refractivity contribution in [3.8, 4) is 11.4 Å². The van der Waals surface area contributed by atoms with Crippen LogP contribution in [0.15, 0.2) is 36.7 Å². The number of halogens is 2. The first-order valence-corrected chi connectivity index (χ1v) is 11.6. The second-order valence-corrected chi connectivity index (χ2v) is 8.69. The van der Waals surface area contributed by atoms with Gasteiger partial charge in [0.25, 0.3) is 0 Å². The molecule has 1 aliphatic carbocycles. The predicted molar refractivity (Wildman–Crippen MR) is 127 cm³/mol. The Morgan fingerprint density at radius 1 is 1.17 bits per heavy atom. The van der Waals surface area contributed by atoms with Gasteiger partial charge in [0.05, 0.1) is 17.6 Å². The number of rotatable bonds is 6. The summed E-state index contributed by atoms with van der Waals surface area (Å²) in [4.78, 5) is 33.3. The van der Waals surface area contributed by atoms with Crippen LogP contribution in [0.4, 0.5) is 20.7 Å². The van der Waals surface area contributed by atoms with Gasteiger partial charge in [0.15, 0.2) is 11.5 Å². The van der Waals surface area contributed by atoms with E-state index < -0.39 is 18.4 Å². The van der Waals surface area contributed by atoms with Crippen molar-refractivity contribution in [1.82, 2.24) is 25.0 Å². The Balaban J connectivity index is 1.41. The third-order valence-corrected chi connectivity index (χ3v) is 6.17. The fourth-order valence-electron chi connectivity index (χ4n) is 3.89. The van der Waals surface area contributed by atoms with Crippen LogP contribution in [0.2, 0.25) is 5.15 Å². The van der Waals surface area contributed by atoms with Gasteiger partial charge in [0, 0.05) is 24.7 Å². The maximum Gasteiger partial charge on any atom is 0.413 e. The number of aromatic nitrogens is 5. The molecule has 2 amide bonds. The molecule has 0 spiro atoms. The number of anilines is 2. The van der Waals surface area contributed by atoms with Crippen molar-refractivity contribution >= 4 is 35.1 Å². The molecule has 3 aromatic rings. The van der Waals surface area contributed by atoms with Crippen LogP contribution in [0.1, 0.15) is 44.3 Å². The number of nitrogens with zero attached hydrogens (tertiary/aromatic N) is 5. The monoisotopic (exact) mass is 501 g/mol. The van der Waals surface area contributed by atoms with E-state index in [2.05, 4.69) is 30.9 Å². The van der Waals surface area contributed by atoms with Crippen LogP contribution < -0.4 is 10.6 Å². The second-order valence-electron chi connectivity index (χ2n) is 8.34. The predicted octanol–water partition coefficient (Wildman–Crippen LogP) is 4.70. The maximum atomic E-state index is 13.3. The molecule has 0 unspecified atom stereocenters. The fraction of sp³-hybridized carbons (Fsp3) is 0.391. The molecule has 1 aliphatic rings. The van der Waals surface area contributed by atoms with E-state index >= 15 is 0 Å². The van der Waals surface area contributed by atoms with Crippen LogP contribution in [-0.2, 0) is 16.6 Å². The summed E-state index contributed by atoms with van der Waals surface area (Å²) in [7, 11) is 1.62. The third kappa shape index (κ3) is 5.91. The second kappa shape index (κ2) is 10.8. The first-order valence-electron chi connectivity index (χ1n) is 11.2. The Kier molecular flexibility index (Phi) is 7.54. The van der Waals surface area contributed by atoms with Crippen LogP contribution in [-0.4, -0.2) is 43.1 Å². The molecular formula is C23H25ClFN7O3. The van der Waals surface area contributed by atoms with Crippen LogP contribution in [0.3, 0.4) is 0 Å². The Morgan fingerprint density at radius 3 is 2.63 bits per heavy atom. The Labute approximate surface area is 206 Å². The number of ether oxygens (including phenoxy) is 1. The summed E-state index contributed by atoms with van der Waals surface area (Å²) < 4.78 is 20.1. The number of hydrogen-bond acceptors (Lipinski definition) is 7. The van der Waals surface area contributed by atoms with Gasteiger partial charge in [-0.1, -0.05) is 22.9 Å². The molecule has 0 aromatic carbocycles. The normalized spacial score (nSPS) is 18.5. The van der Waals surface area contributed by atoms with Crippen molar-refractivity contribution < 1.29 is 18.7 Å². The standard InChI is InChI=1S/C23H25ClFN7O3/c1-13(17-4-3-11-26-20(17)24)35-23(34)29-21-19(30-31-32(21)2)18-10-9-16(12-27-18)28-22(33)14-5-7-15(25)8-6-14/h3-4,9-15H,5-8H2,1-2H3,(H,28,33)(H,29,34)/t13-,14?,15?/m1/s1. The van der Waals surface area contributed by atoms with Crippen molar-refractivity contribution in [3.05, 3.63) is 47.4 Å². The number of aryl methyl sites for hydroxylation is 1. The molecule has 0 radical (unpaired) electrons. The summed E-state index contributed by atoms with van der Waals surface area (Å²) in [6.45, 7) is 1.68. The average Bonchev–Trinajstić information content (AvgIpc) is 3.20. The van der Waals surface area contributed by atoms with Crippen LogP contribution in [0, 0.1) is 5.92 Å². The van der Waals surface area contributed by atoms with E-state index in [1.807, 2.05) is 0 Å². The van der Waals surface area contributed by atoms with Gasteiger partial charge < -0.3 is 10.1 Å². The van der Waals surface area contributed by atoms with Crippen molar-refractivity contribution in [2.24, 2.45) is 13.0 Å². The number of hydrogen-bond donors (Lipinski definition) is 2. The molecule has 3 aromatic heterocycles. The molecule has 184 valence electrons. The fourth-order valence-corrected chi connectivity index (χ4v) is 4.16. The number of pyridine rings is 2. The minimum absolute atomic E-state index is 0.140. The summed E-state index contributed by atoms with van der Waals surface area (Å²) >= 11 is 6.07. The van der Waals surface area contributed by atoms with E-state index in [0.717, 1.165) is 0 Å². The van der Waals surface area contributed by atoms with Gasteiger partial charge in [-0.3, -0.25) is 15.1 Å². The summed E-state index contributed by atoms with van der Waals surface area (Å²) in [5.74, 6) is -0.0573. The lowest BCUT2D eigenvalue weighted by Gasteiger charge is -2.23. The molecular weight excluding hydrogens is 477 g/mol. The van der Waals surface area contributed by atoms with Gasteiger partial charge in [-0.2, -0.15) is 0 Å². The van der Waals surface area contributed by atoms with E-state index in [4.69, 9.17) is 16.3 Å². The van der Waals surface area contributed by atoms with E-state index in [1.165, 1.54) is 10.9 Å². The smallest absolute Gasteiger partial charge is 0.413 e. The zero-order chi connectivity index (χ0) is 24.9. The molecule has 0 saturated heterocycles. The molecule has 1 atom stereocenters. The number of alkyl halides is 1. The summed E-state index contributed by atoms with van der Waals surface area (Å²) in [6.07, 6.45) is 2.76. The minimum atomic E-state index is -0.816. The first-order chi connectivity index (χ1) is 16.8. The average molecular weight is 502 g/mol. The first kappa shape index (κ1) is 24.5. The molecule has 35 heavy (non-hydrogen) atoms. The molecule has 3 heterocycles. The SMILES string of the molecule is C[C@@H](OC(=O)Nc1c(-c2ccc(NC(=O)C3CCC(F)CC3)cn2)nnn1C)c1cccnc1Cl. The highest BCUT2D eigenvalue weighted by Gasteiger charge is 2.26. The van der Waals surface area contributed by atoms with E-state index in [-0.39, 0.29) is 22.8 Å². The van der Waals surface area contributed by atoms with Crippen LogP contribution in [0.25, 0.3) is 11.4 Å². The zero-order valence-electron chi connectivity index (χ0n) is 19.2. The topological polar surface area (TPSA) is 124 Å². The summed E-state index contributed by atoms with van der Waals surface area (Å²) in [5, 5.41) is 13.8. The molecule has 2 N–H and O–H groups in total. The van der Waals surface area contributed by atoms with Gasteiger partial charge >= 0.3 is 6.09 Å². The third-order valence-electron chi connectivity index (χ3n) is 5.86. The molecule has 4 rings (SSSR count). The Hall–Kier alpha value is -3.60. The quantitative estimate of drug-likeness (QED) is 0.469. The molecule has 0 aliphatic heterocycles. The number of carbonyl (C=O) groups is 2. The largest absolute Gasteiger partial charge is 0.441 e. The molecule has 10 nitrogen and oxygen atoms in total. The van der Waals surface area contributed by atoms with E-state index in [1.54, 1.807) is 44.4 Å². The lowest BCUT2D eigenvalue weighted by atomic mass is 9.87. The Bertz CT molecular complexity index is 1200. The molecule has 12 heteroatoms. The lowest BCUT2D eigenvalue weighted by Crippen LogP contribution is -2.27. The van der Waals surface area contributed by atoms with Crippen molar-refractivity contribution in [2.45, 2.75) is 44.9 Å². The van der Waals surface area contributed by atoms with Gasteiger partial charge in [-0.15, -0.1) is 5.10 Å². The highest BCUT2D eigenvalue weighted by Crippen LogP contribution is 2.29. The van der Waals surface area contributed by atoms with Gasteiger partial charge in [-0.25, -0.2) is 18.9 Å². The summed E-state index contributed by atoms with van der Waals surface area (Å²) in [6, 6.07) is 6.77. The number of carbonyl (C=O) groups excluding carboxylic acids is 2. The number of amides is 2. The number of nitrogens with one attached hydrogen (secondary N) is 2. The zero-order valence-corrected chi connectivity index (χ0v) is 20.0. The highest BCUT2D eigenvalue weighted by molar-refractivity contribution is 6.30. The highest BCUT2D eigenvalue weighted by atomic mass is 35.5. The molecule has 1 fully saturated rings. The minimum Gasteiger partial charge on any atom is -0.441 e. The summed E-state index contributed by atoms with van der Waals surface area (Å²) in [5.41, 5.74) is 1.86. The molecule has 1 saturated carbocycles.